The van der Waals surface area contributed by atoms with E-state index in [1.165, 1.54) is 35.5 Å². The molecule has 2 aromatic carbocycles. The van der Waals surface area contributed by atoms with Crippen LogP contribution in [0.5, 0.6) is 0 Å². The molecule has 7 heteroatoms. The Labute approximate surface area is 190 Å². The topological polar surface area (TPSA) is 75.2 Å². The van der Waals surface area contributed by atoms with Crippen molar-refractivity contribution in [1.29, 1.82) is 0 Å². The van der Waals surface area contributed by atoms with Crippen molar-refractivity contribution < 1.29 is 14.0 Å². The van der Waals surface area contributed by atoms with Crippen molar-refractivity contribution >= 4 is 17.5 Å². The average molecular weight is 440 g/mol. The molecular formula is C26H21FN4O2. The van der Waals surface area contributed by atoms with E-state index in [4.69, 9.17) is 0 Å². The lowest BCUT2D eigenvalue weighted by molar-refractivity contribution is -0.122. The number of rotatable bonds is 7. The zero-order valence-electron chi connectivity index (χ0n) is 17.6. The Morgan fingerprint density at radius 1 is 0.909 bits per heavy atom. The fourth-order valence-corrected chi connectivity index (χ4v) is 3.46. The summed E-state index contributed by atoms with van der Waals surface area (Å²) in [6.45, 7) is 0.269. The maximum Gasteiger partial charge on any atom is 0.277 e. The Morgan fingerprint density at radius 2 is 1.73 bits per heavy atom. The number of aromatic nitrogens is 2. The molecule has 0 bridgehead atoms. The van der Waals surface area contributed by atoms with E-state index in [9.17, 15) is 14.0 Å². The smallest absolute Gasteiger partial charge is 0.277 e. The van der Waals surface area contributed by atoms with Crippen LogP contribution in [0.3, 0.4) is 0 Å². The highest BCUT2D eigenvalue weighted by Crippen LogP contribution is 2.29. The van der Waals surface area contributed by atoms with E-state index in [2.05, 4.69) is 15.3 Å². The van der Waals surface area contributed by atoms with Crippen LogP contribution >= 0.6 is 0 Å². The quantitative estimate of drug-likeness (QED) is 0.464. The monoisotopic (exact) mass is 440 g/mol. The Morgan fingerprint density at radius 3 is 2.42 bits per heavy atom. The van der Waals surface area contributed by atoms with Crippen LogP contribution in [-0.4, -0.2) is 21.8 Å². The van der Waals surface area contributed by atoms with Crippen molar-refractivity contribution in [3.05, 3.63) is 126 Å². The molecule has 6 nitrogen and oxygen atoms in total. The van der Waals surface area contributed by atoms with Gasteiger partial charge in [0.1, 0.15) is 17.6 Å². The number of hydrogen-bond donors (Lipinski definition) is 1. The van der Waals surface area contributed by atoms with Gasteiger partial charge < -0.3 is 5.32 Å². The molecule has 0 aliphatic rings. The molecule has 0 radical (unpaired) electrons. The molecular weight excluding hydrogens is 419 g/mol. The number of nitrogens with zero attached hydrogens (tertiary/aromatic N) is 3. The average Bonchev–Trinajstić information content (AvgIpc) is 2.87. The second kappa shape index (κ2) is 10.3. The third-order valence-electron chi connectivity index (χ3n) is 5.01. The fraction of sp³-hybridized carbons (Fsp3) is 0.0769. The molecule has 0 aliphatic heterocycles. The Kier molecular flexibility index (Phi) is 6.80. The van der Waals surface area contributed by atoms with Crippen LogP contribution in [0.2, 0.25) is 0 Å². The van der Waals surface area contributed by atoms with Crippen LogP contribution < -0.4 is 10.2 Å². The van der Waals surface area contributed by atoms with E-state index >= 15 is 0 Å². The van der Waals surface area contributed by atoms with E-state index in [1.54, 1.807) is 42.6 Å². The minimum Gasteiger partial charge on any atom is -0.350 e. The first kappa shape index (κ1) is 21.8. The normalized spacial score (nSPS) is 11.4. The molecule has 1 atom stereocenters. The Balaban J connectivity index is 1.77. The van der Waals surface area contributed by atoms with Crippen molar-refractivity contribution in [1.82, 2.24) is 15.3 Å². The summed E-state index contributed by atoms with van der Waals surface area (Å²) >= 11 is 0. The van der Waals surface area contributed by atoms with E-state index in [0.29, 0.717) is 5.56 Å². The van der Waals surface area contributed by atoms with Crippen LogP contribution in [0, 0.1) is 5.82 Å². The minimum atomic E-state index is -1.10. The molecule has 164 valence electrons. The van der Waals surface area contributed by atoms with Gasteiger partial charge in [-0.1, -0.05) is 48.5 Å². The first-order valence-corrected chi connectivity index (χ1v) is 10.4. The summed E-state index contributed by atoms with van der Waals surface area (Å²) in [5, 5.41) is 2.89. The summed E-state index contributed by atoms with van der Waals surface area (Å²) in [4.78, 5) is 36.6. The van der Waals surface area contributed by atoms with Crippen LogP contribution in [0.15, 0.2) is 104 Å². The van der Waals surface area contributed by atoms with Crippen LogP contribution in [0.25, 0.3) is 0 Å². The van der Waals surface area contributed by atoms with Crippen molar-refractivity contribution in [3.63, 3.8) is 0 Å². The first-order chi connectivity index (χ1) is 16.1. The van der Waals surface area contributed by atoms with Gasteiger partial charge in [-0.3, -0.25) is 24.5 Å². The summed E-state index contributed by atoms with van der Waals surface area (Å²) in [5.74, 6) is -1.49. The van der Waals surface area contributed by atoms with Gasteiger partial charge in [-0.2, -0.15) is 0 Å². The molecule has 0 saturated carbocycles. The highest BCUT2D eigenvalue weighted by Gasteiger charge is 2.34. The summed E-state index contributed by atoms with van der Waals surface area (Å²) < 4.78 is 14.2. The number of benzene rings is 2. The second-order valence-corrected chi connectivity index (χ2v) is 7.26. The zero-order chi connectivity index (χ0) is 23.0. The summed E-state index contributed by atoms with van der Waals surface area (Å²) in [7, 11) is 0. The third-order valence-corrected chi connectivity index (χ3v) is 5.01. The highest BCUT2D eigenvalue weighted by atomic mass is 19.1. The number of pyridine rings is 2. The highest BCUT2D eigenvalue weighted by molar-refractivity contribution is 6.09. The molecule has 4 rings (SSSR count). The lowest BCUT2D eigenvalue weighted by Crippen LogP contribution is -2.44. The zero-order valence-corrected chi connectivity index (χ0v) is 17.6. The standard InChI is InChI=1S/C26H21FN4O2/c27-21-11-6-12-22(16-21)31(26(33)23-13-4-5-15-29-23)24(20-10-7-14-28-18-20)25(32)30-17-19-8-2-1-3-9-19/h1-16,18,24H,17H2,(H,30,32)/t24-/m0/s1. The third kappa shape index (κ3) is 5.27. The van der Waals surface area contributed by atoms with E-state index < -0.39 is 23.7 Å². The SMILES string of the molecule is O=C(NCc1ccccc1)[C@H](c1cccnc1)N(C(=O)c1ccccn1)c1cccc(F)c1. The van der Waals surface area contributed by atoms with Gasteiger partial charge in [-0.15, -0.1) is 0 Å². The van der Waals surface area contributed by atoms with Crippen molar-refractivity contribution in [2.45, 2.75) is 12.6 Å². The van der Waals surface area contributed by atoms with E-state index in [0.717, 1.165) is 5.56 Å². The number of anilines is 1. The molecule has 2 heterocycles. The first-order valence-electron chi connectivity index (χ1n) is 10.4. The molecule has 2 aromatic heterocycles. The fourth-order valence-electron chi connectivity index (χ4n) is 3.46. The van der Waals surface area contributed by atoms with Gasteiger partial charge in [-0.25, -0.2) is 4.39 Å². The summed E-state index contributed by atoms with van der Waals surface area (Å²) in [6, 6.07) is 22.2. The Bertz CT molecular complexity index is 1220. The molecule has 33 heavy (non-hydrogen) atoms. The van der Waals surface area contributed by atoms with Gasteiger partial charge in [0.05, 0.1) is 0 Å². The van der Waals surface area contributed by atoms with E-state index in [1.807, 2.05) is 30.3 Å². The van der Waals surface area contributed by atoms with Gasteiger partial charge in [-0.05, 0) is 42.0 Å². The molecule has 0 spiro atoms. The van der Waals surface area contributed by atoms with Crippen LogP contribution in [0.1, 0.15) is 27.7 Å². The predicted molar refractivity (Wildman–Crippen MR) is 123 cm³/mol. The Hall–Kier alpha value is -4.39. The largest absolute Gasteiger partial charge is 0.350 e. The molecule has 1 N–H and O–H groups in total. The molecule has 0 unspecified atom stereocenters. The summed E-state index contributed by atoms with van der Waals surface area (Å²) in [6.07, 6.45) is 4.59. The van der Waals surface area contributed by atoms with Crippen molar-refractivity contribution in [2.24, 2.45) is 0 Å². The van der Waals surface area contributed by atoms with Gasteiger partial charge in [0.15, 0.2) is 0 Å². The molecule has 0 saturated heterocycles. The van der Waals surface area contributed by atoms with Gasteiger partial charge in [0, 0.05) is 36.4 Å². The van der Waals surface area contributed by atoms with Gasteiger partial charge >= 0.3 is 0 Å². The van der Waals surface area contributed by atoms with Gasteiger partial charge in [0.25, 0.3) is 5.91 Å². The predicted octanol–water partition coefficient (Wildman–Crippen LogP) is 4.32. The lowest BCUT2D eigenvalue weighted by Gasteiger charge is -2.31. The van der Waals surface area contributed by atoms with Crippen molar-refractivity contribution in [2.75, 3.05) is 4.90 Å². The molecule has 0 aliphatic carbocycles. The number of nitrogens with one attached hydrogen (secondary N) is 1. The summed E-state index contributed by atoms with van der Waals surface area (Å²) in [5.41, 5.74) is 1.75. The number of hydrogen-bond acceptors (Lipinski definition) is 4. The van der Waals surface area contributed by atoms with Crippen LogP contribution in [0.4, 0.5) is 10.1 Å². The maximum absolute atomic E-state index is 14.2. The lowest BCUT2D eigenvalue weighted by atomic mass is 10.0. The van der Waals surface area contributed by atoms with Crippen LogP contribution in [-0.2, 0) is 11.3 Å². The van der Waals surface area contributed by atoms with E-state index in [-0.39, 0.29) is 17.9 Å². The number of carbonyl (C=O) groups is 2. The number of amides is 2. The second-order valence-electron chi connectivity index (χ2n) is 7.26. The number of halogens is 1. The minimum absolute atomic E-state index is 0.131. The molecule has 0 fully saturated rings. The van der Waals surface area contributed by atoms with Gasteiger partial charge in [0.2, 0.25) is 5.91 Å². The number of carbonyl (C=O) groups excluding carboxylic acids is 2. The maximum atomic E-state index is 14.2. The molecule has 2 amide bonds. The van der Waals surface area contributed by atoms with Crippen molar-refractivity contribution in [3.8, 4) is 0 Å². The molecule has 4 aromatic rings.